The van der Waals surface area contributed by atoms with Crippen molar-refractivity contribution < 1.29 is 62.0 Å². The number of fused-ring (bicyclic) bond motifs is 5. The van der Waals surface area contributed by atoms with Gasteiger partial charge in [-0.25, -0.2) is 0 Å². The Morgan fingerprint density at radius 3 is 2.50 bits per heavy atom. The molecule has 4 aliphatic rings. The van der Waals surface area contributed by atoms with Gasteiger partial charge in [-0.05, 0) is 73.0 Å². The van der Waals surface area contributed by atoms with E-state index in [0.29, 0.717) is 32.1 Å². The van der Waals surface area contributed by atoms with Crippen LogP contribution in [0.15, 0.2) is 4.99 Å². The van der Waals surface area contributed by atoms with Crippen LogP contribution in [-0.2, 0) is 24.5 Å². The minimum absolute atomic E-state index is 0. The van der Waals surface area contributed by atoms with Crippen LogP contribution in [-0.4, -0.2) is 48.5 Å². The quantitative estimate of drug-likeness (QED) is 0.205. The maximum Gasteiger partial charge on any atom is 1.00 e. The van der Waals surface area contributed by atoms with E-state index in [1.807, 2.05) is 6.92 Å². The third-order valence-electron chi connectivity index (χ3n) is 10.4. The molecule has 8 atom stereocenters. The van der Waals surface area contributed by atoms with Crippen LogP contribution >= 0.6 is 0 Å². The molecule has 1 N–H and O–H groups in total. The maximum absolute atomic E-state index is 13.8. The van der Waals surface area contributed by atoms with Crippen LogP contribution in [0.3, 0.4) is 0 Å². The van der Waals surface area contributed by atoms with E-state index in [2.05, 4.69) is 18.8 Å². The molecular formula is C26H38NNaO7S. The summed E-state index contributed by atoms with van der Waals surface area (Å²) in [6, 6.07) is 0. The first kappa shape index (κ1) is 29.9. The van der Waals surface area contributed by atoms with E-state index in [-0.39, 0.29) is 101 Å². The summed E-state index contributed by atoms with van der Waals surface area (Å²) in [6.07, 6.45) is 5.00. The number of aliphatic imine (C=N–C) groups is 1. The monoisotopic (exact) mass is 531 g/mol. The number of carbonyl (C=O) groups is 3. The van der Waals surface area contributed by atoms with Gasteiger partial charge in [-0.1, -0.05) is 20.8 Å². The minimum atomic E-state index is -4.15. The summed E-state index contributed by atoms with van der Waals surface area (Å²) in [4.78, 5) is 43.1. The first-order chi connectivity index (χ1) is 16.3. The smallest absolute Gasteiger partial charge is 0.862 e. The summed E-state index contributed by atoms with van der Waals surface area (Å²) in [5.74, 6) is -0.144. The maximum atomic E-state index is 13.8. The number of hydrogen-bond donors (Lipinski definition) is 1. The van der Waals surface area contributed by atoms with Gasteiger partial charge in [0.1, 0.15) is 17.3 Å². The molecule has 4 aliphatic carbocycles. The number of rotatable bonds is 7. The zero-order chi connectivity index (χ0) is 25.8. The number of carbonyl (C=O) groups excluding carboxylic acids is 3. The molecule has 0 radical (unpaired) electrons. The van der Waals surface area contributed by atoms with E-state index < -0.39 is 27.2 Å². The van der Waals surface area contributed by atoms with Crippen molar-refractivity contribution in [2.45, 2.75) is 78.6 Å². The number of hydrogen-bond acceptors (Lipinski definition) is 7. The summed E-state index contributed by atoms with van der Waals surface area (Å²) < 4.78 is 30.4. The third kappa shape index (κ3) is 5.42. The van der Waals surface area contributed by atoms with Gasteiger partial charge in [0.2, 0.25) is 0 Å². The van der Waals surface area contributed by atoms with Gasteiger partial charge in [0.05, 0.1) is 12.3 Å². The molecule has 0 aromatic heterocycles. The van der Waals surface area contributed by atoms with Crippen LogP contribution in [0.1, 0.15) is 78.6 Å². The second-order valence-corrected chi connectivity index (χ2v) is 13.6. The van der Waals surface area contributed by atoms with Gasteiger partial charge in [-0.2, -0.15) is 8.42 Å². The van der Waals surface area contributed by atoms with E-state index in [1.54, 1.807) is 0 Å². The van der Waals surface area contributed by atoms with Gasteiger partial charge in [0.25, 0.3) is 10.1 Å². The normalized spacial score (nSPS) is 39.6. The van der Waals surface area contributed by atoms with Crippen molar-refractivity contribution in [3.63, 3.8) is 0 Å². The van der Waals surface area contributed by atoms with Crippen LogP contribution in [0.25, 0.3) is 0 Å². The summed E-state index contributed by atoms with van der Waals surface area (Å²) in [6.45, 7) is 6.03. The molecule has 4 rings (SSSR count). The van der Waals surface area contributed by atoms with Crippen molar-refractivity contribution in [3.8, 4) is 0 Å². The Hall–Kier alpha value is -0.610. The van der Waals surface area contributed by atoms with Crippen LogP contribution in [0.5, 0.6) is 0 Å². The van der Waals surface area contributed by atoms with Crippen molar-refractivity contribution in [2.75, 3.05) is 12.3 Å². The molecule has 0 heterocycles. The Morgan fingerprint density at radius 1 is 1.14 bits per heavy atom. The molecule has 8 unspecified atom stereocenters. The molecule has 8 nitrogen and oxygen atoms in total. The minimum Gasteiger partial charge on any atom is -0.862 e. The molecule has 0 saturated heterocycles. The molecule has 196 valence electrons. The van der Waals surface area contributed by atoms with Crippen molar-refractivity contribution >= 4 is 33.4 Å². The Labute approximate surface area is 236 Å². The molecule has 0 bridgehead atoms. The number of Topliss-reactive ketones (excluding diaryl/α,β-unsaturated/α-hetero) is 3. The summed E-state index contributed by atoms with van der Waals surface area (Å²) in [7, 11) is -4.15. The molecule has 36 heavy (non-hydrogen) atoms. The SMILES string of the molecule is CC(CCC([O-])=NCCS(=O)(=O)O)C1CCC2C3C(=O)CC4CC(=O)CCC4(C)C3CC(=O)C12C.[Na+]. The fourth-order valence-electron chi connectivity index (χ4n) is 8.31. The third-order valence-corrected chi connectivity index (χ3v) is 11.1. The Balaban J connectivity index is 0.00000361. The van der Waals surface area contributed by atoms with Gasteiger partial charge >= 0.3 is 29.6 Å². The predicted octanol–water partition coefficient (Wildman–Crippen LogP) is -0.361. The van der Waals surface area contributed by atoms with Gasteiger partial charge in [0.15, 0.2) is 0 Å². The van der Waals surface area contributed by atoms with E-state index in [9.17, 15) is 27.9 Å². The summed E-state index contributed by atoms with van der Waals surface area (Å²) >= 11 is 0. The van der Waals surface area contributed by atoms with Crippen LogP contribution in [0, 0.1) is 46.3 Å². The molecule has 0 aromatic rings. The molecular weight excluding hydrogens is 493 g/mol. The fourth-order valence-corrected chi connectivity index (χ4v) is 8.63. The fraction of sp³-hybridized carbons (Fsp3) is 0.846. The zero-order valence-electron chi connectivity index (χ0n) is 22.0. The molecule has 4 fully saturated rings. The van der Waals surface area contributed by atoms with E-state index in [1.165, 1.54) is 0 Å². The second-order valence-electron chi connectivity index (χ2n) is 12.0. The molecule has 0 aliphatic heterocycles. The summed E-state index contributed by atoms with van der Waals surface area (Å²) in [5, 5.41) is 12.1. The predicted molar refractivity (Wildman–Crippen MR) is 128 cm³/mol. The number of ketones is 3. The average molecular weight is 532 g/mol. The Morgan fingerprint density at radius 2 is 1.83 bits per heavy atom. The Kier molecular flexibility index (Phi) is 9.04. The van der Waals surface area contributed by atoms with Gasteiger partial charge < -0.3 is 10.1 Å². The largest absolute Gasteiger partial charge is 1.00 e. The van der Waals surface area contributed by atoms with Gasteiger partial charge in [0, 0.05) is 37.0 Å². The number of nitrogens with zero attached hydrogens (tertiary/aromatic N) is 1. The van der Waals surface area contributed by atoms with Crippen LogP contribution in [0.4, 0.5) is 0 Å². The van der Waals surface area contributed by atoms with Crippen molar-refractivity contribution in [1.29, 1.82) is 0 Å². The zero-order valence-corrected chi connectivity index (χ0v) is 24.8. The van der Waals surface area contributed by atoms with Crippen LogP contribution < -0.4 is 34.7 Å². The topological polar surface area (TPSA) is 141 Å². The van der Waals surface area contributed by atoms with Crippen molar-refractivity contribution in [2.24, 2.45) is 51.3 Å². The average Bonchev–Trinajstić information content (AvgIpc) is 3.12. The standard InChI is InChI=1S/C26H39NO7S.Na/c1-15(4-7-23(31)27-10-11-35(32,33)34)18-5-6-19-24-20(14-22(30)26(18,19)3)25(2)9-8-17(28)12-16(25)13-21(24)29;/h15-16,18-20,24H,4-14H2,1-3H3,(H,27,31)(H,32,33,34);/q;+1/p-1. The van der Waals surface area contributed by atoms with Gasteiger partial charge in [-0.3, -0.25) is 18.9 Å². The van der Waals surface area contributed by atoms with Crippen LogP contribution in [0.2, 0.25) is 0 Å². The van der Waals surface area contributed by atoms with E-state index >= 15 is 0 Å². The van der Waals surface area contributed by atoms with Crippen molar-refractivity contribution in [1.82, 2.24) is 0 Å². The summed E-state index contributed by atoms with van der Waals surface area (Å²) in [5.41, 5.74) is -0.724. The first-order valence-corrected chi connectivity index (χ1v) is 14.6. The van der Waals surface area contributed by atoms with Gasteiger partial charge in [-0.15, -0.1) is 0 Å². The Bertz CT molecular complexity index is 1040. The van der Waals surface area contributed by atoms with E-state index in [4.69, 9.17) is 4.55 Å². The second kappa shape index (κ2) is 10.9. The van der Waals surface area contributed by atoms with E-state index in [0.717, 1.165) is 19.3 Å². The van der Waals surface area contributed by atoms with Crippen molar-refractivity contribution in [3.05, 3.63) is 0 Å². The first-order valence-electron chi connectivity index (χ1n) is 13.0. The molecule has 10 heteroatoms. The molecule has 0 amide bonds. The molecule has 4 saturated carbocycles. The molecule has 0 spiro atoms. The molecule has 0 aromatic carbocycles.